The zero-order chi connectivity index (χ0) is 16.2. The zero-order valence-corrected chi connectivity index (χ0v) is 13.2. The molecule has 5 nitrogen and oxygen atoms in total. The number of rotatable bonds is 4. The van der Waals surface area contributed by atoms with Gasteiger partial charge < -0.3 is 15.2 Å². The number of nitrogens with one attached hydrogen (secondary N) is 2. The minimum Gasteiger partial charge on any atom is -0.371 e. The average molecular weight is 316 g/mol. The molecule has 1 aliphatic rings. The normalized spacial score (nSPS) is 15.8. The summed E-state index contributed by atoms with van der Waals surface area (Å²) in [6.07, 6.45) is 3.46. The Hall–Kier alpha value is -2.21. The fourth-order valence-corrected chi connectivity index (χ4v) is 3.05. The summed E-state index contributed by atoms with van der Waals surface area (Å²) < 4.78 is 13.2. The molecule has 1 saturated heterocycles. The monoisotopic (exact) mass is 316 g/mol. The summed E-state index contributed by atoms with van der Waals surface area (Å²) in [5.41, 5.74) is 2.72. The van der Waals surface area contributed by atoms with Crippen LogP contribution in [0, 0.1) is 12.7 Å². The number of anilines is 1. The molecule has 1 aromatic heterocycles. The van der Waals surface area contributed by atoms with Gasteiger partial charge in [-0.25, -0.2) is 9.37 Å². The summed E-state index contributed by atoms with van der Waals surface area (Å²) in [5, 5.41) is 3.46. The van der Waals surface area contributed by atoms with Crippen molar-refractivity contribution >= 4 is 5.69 Å². The summed E-state index contributed by atoms with van der Waals surface area (Å²) in [6, 6.07) is 6.89. The molecule has 0 radical (unpaired) electrons. The highest BCUT2D eigenvalue weighted by atomic mass is 19.1. The molecule has 3 rings (SSSR count). The van der Waals surface area contributed by atoms with Crippen LogP contribution in [-0.4, -0.2) is 29.1 Å². The predicted octanol–water partition coefficient (Wildman–Crippen LogP) is 1.98. The molecule has 0 amide bonds. The Labute approximate surface area is 134 Å². The van der Waals surface area contributed by atoms with Crippen LogP contribution in [0.1, 0.15) is 24.1 Å². The molecule has 0 aliphatic carbocycles. The summed E-state index contributed by atoms with van der Waals surface area (Å²) in [5.74, 6) is -0.187. The zero-order valence-electron chi connectivity index (χ0n) is 13.2. The summed E-state index contributed by atoms with van der Waals surface area (Å²) in [6.45, 7) is 4.42. The molecule has 2 heterocycles. The van der Waals surface area contributed by atoms with E-state index in [2.05, 4.69) is 20.2 Å². The first-order valence-corrected chi connectivity index (χ1v) is 7.90. The van der Waals surface area contributed by atoms with Crippen molar-refractivity contribution < 1.29 is 4.39 Å². The first-order chi connectivity index (χ1) is 11.1. The number of benzene rings is 1. The second-order valence-corrected chi connectivity index (χ2v) is 5.98. The molecule has 0 bridgehead atoms. The third kappa shape index (κ3) is 3.96. The van der Waals surface area contributed by atoms with Gasteiger partial charge in [0, 0.05) is 37.4 Å². The van der Waals surface area contributed by atoms with E-state index >= 15 is 0 Å². The maximum atomic E-state index is 13.2. The maximum absolute atomic E-state index is 13.2. The van der Waals surface area contributed by atoms with E-state index in [9.17, 15) is 9.18 Å². The van der Waals surface area contributed by atoms with Crippen molar-refractivity contribution in [3.63, 3.8) is 0 Å². The molecule has 6 heteroatoms. The largest absolute Gasteiger partial charge is 0.371 e. The van der Waals surface area contributed by atoms with E-state index in [1.165, 1.54) is 18.5 Å². The van der Waals surface area contributed by atoms with Gasteiger partial charge in [-0.1, -0.05) is 0 Å². The van der Waals surface area contributed by atoms with Gasteiger partial charge in [-0.05, 0) is 43.5 Å². The number of aromatic amines is 1. The lowest BCUT2D eigenvalue weighted by molar-refractivity contribution is 0.411. The van der Waals surface area contributed by atoms with Gasteiger partial charge in [0.2, 0.25) is 0 Å². The average Bonchev–Trinajstić information content (AvgIpc) is 2.54. The van der Waals surface area contributed by atoms with Crippen LogP contribution in [0.25, 0.3) is 0 Å². The van der Waals surface area contributed by atoms with E-state index in [0.29, 0.717) is 12.6 Å². The van der Waals surface area contributed by atoms with Gasteiger partial charge in [0.1, 0.15) is 5.82 Å². The number of H-pyrrole nitrogens is 1. The van der Waals surface area contributed by atoms with Crippen LogP contribution in [0.15, 0.2) is 35.4 Å². The van der Waals surface area contributed by atoms with Crippen LogP contribution in [-0.2, 0) is 6.54 Å². The minimum atomic E-state index is -0.187. The van der Waals surface area contributed by atoms with Crippen molar-refractivity contribution in [2.24, 2.45) is 0 Å². The van der Waals surface area contributed by atoms with E-state index < -0.39 is 0 Å². The second kappa shape index (κ2) is 6.91. The Bertz CT molecular complexity index is 723. The number of hydrogen-bond acceptors (Lipinski definition) is 4. The number of aromatic nitrogens is 2. The van der Waals surface area contributed by atoms with E-state index in [-0.39, 0.29) is 11.4 Å². The first kappa shape index (κ1) is 15.7. The molecule has 2 aromatic rings. The molecule has 0 spiro atoms. The lowest BCUT2D eigenvalue weighted by atomic mass is 10.0. The Morgan fingerprint density at radius 2 is 2.13 bits per heavy atom. The second-order valence-electron chi connectivity index (χ2n) is 5.98. The molecular weight excluding hydrogens is 295 g/mol. The highest BCUT2D eigenvalue weighted by Gasteiger charge is 2.20. The van der Waals surface area contributed by atoms with Crippen molar-refractivity contribution in [1.82, 2.24) is 15.3 Å². The number of piperidine rings is 1. The fraction of sp³-hybridized carbons (Fsp3) is 0.412. The summed E-state index contributed by atoms with van der Waals surface area (Å²) >= 11 is 0. The van der Waals surface area contributed by atoms with Crippen molar-refractivity contribution in [2.45, 2.75) is 32.4 Å². The van der Waals surface area contributed by atoms with E-state index in [0.717, 1.165) is 42.9 Å². The standard InChI is InChI=1S/C17H21FN4O/c1-12-8-13(18)2-3-16(12)22-6-4-14(5-7-22)19-10-15-9-17(23)21-11-20-15/h2-3,8-9,11,14,19H,4-7,10H2,1H3,(H,20,21,23). The molecule has 1 aliphatic heterocycles. The van der Waals surface area contributed by atoms with Gasteiger partial charge in [-0.2, -0.15) is 0 Å². The SMILES string of the molecule is Cc1cc(F)ccc1N1CCC(NCc2cc(=O)[nH]cn2)CC1. The Balaban J connectivity index is 1.53. The third-order valence-electron chi connectivity index (χ3n) is 4.30. The molecule has 0 unspecified atom stereocenters. The fourth-order valence-electron chi connectivity index (χ4n) is 3.05. The highest BCUT2D eigenvalue weighted by molar-refractivity contribution is 5.53. The van der Waals surface area contributed by atoms with Gasteiger partial charge in [0.15, 0.2) is 0 Å². The molecule has 0 saturated carbocycles. The van der Waals surface area contributed by atoms with Gasteiger partial charge in [0.05, 0.1) is 12.0 Å². The van der Waals surface area contributed by atoms with Gasteiger partial charge >= 0.3 is 0 Å². The maximum Gasteiger partial charge on any atom is 0.250 e. The van der Waals surface area contributed by atoms with E-state index in [4.69, 9.17) is 0 Å². The van der Waals surface area contributed by atoms with Crippen LogP contribution in [0.3, 0.4) is 0 Å². The van der Waals surface area contributed by atoms with Crippen LogP contribution in [0.4, 0.5) is 10.1 Å². The van der Waals surface area contributed by atoms with Crippen LogP contribution in [0.5, 0.6) is 0 Å². The summed E-state index contributed by atoms with van der Waals surface area (Å²) in [4.78, 5) is 20.2. The number of aryl methyl sites for hydroxylation is 1. The van der Waals surface area contributed by atoms with Crippen LogP contribution >= 0.6 is 0 Å². The van der Waals surface area contributed by atoms with Crippen LogP contribution in [0.2, 0.25) is 0 Å². The van der Waals surface area contributed by atoms with Crippen molar-refractivity contribution in [3.8, 4) is 0 Å². The van der Waals surface area contributed by atoms with E-state index in [1.54, 1.807) is 6.07 Å². The minimum absolute atomic E-state index is 0.126. The third-order valence-corrected chi connectivity index (χ3v) is 4.30. The van der Waals surface area contributed by atoms with Crippen molar-refractivity contribution in [2.75, 3.05) is 18.0 Å². The molecule has 2 N–H and O–H groups in total. The van der Waals surface area contributed by atoms with Gasteiger partial charge in [-0.15, -0.1) is 0 Å². The molecule has 23 heavy (non-hydrogen) atoms. The predicted molar refractivity (Wildman–Crippen MR) is 88.1 cm³/mol. The molecule has 1 aromatic carbocycles. The number of halogens is 1. The Morgan fingerprint density at radius 3 is 2.83 bits per heavy atom. The molecule has 122 valence electrons. The lowest BCUT2D eigenvalue weighted by Gasteiger charge is -2.35. The highest BCUT2D eigenvalue weighted by Crippen LogP contribution is 2.24. The molecular formula is C17H21FN4O. The molecule has 1 fully saturated rings. The smallest absolute Gasteiger partial charge is 0.250 e. The van der Waals surface area contributed by atoms with Crippen molar-refractivity contribution in [1.29, 1.82) is 0 Å². The van der Waals surface area contributed by atoms with Gasteiger partial charge in [0.25, 0.3) is 5.56 Å². The first-order valence-electron chi connectivity index (χ1n) is 7.90. The topological polar surface area (TPSA) is 61.0 Å². The number of hydrogen-bond donors (Lipinski definition) is 2. The summed E-state index contributed by atoms with van der Waals surface area (Å²) in [7, 11) is 0. The lowest BCUT2D eigenvalue weighted by Crippen LogP contribution is -2.42. The van der Waals surface area contributed by atoms with Crippen molar-refractivity contribution in [3.05, 3.63) is 58.0 Å². The van der Waals surface area contributed by atoms with E-state index in [1.807, 2.05) is 13.0 Å². The quantitative estimate of drug-likeness (QED) is 0.905. The van der Waals surface area contributed by atoms with Crippen LogP contribution < -0.4 is 15.8 Å². The molecule has 0 atom stereocenters. The number of nitrogens with zero attached hydrogens (tertiary/aromatic N) is 2. The van der Waals surface area contributed by atoms with Gasteiger partial charge in [-0.3, -0.25) is 4.79 Å². The Kier molecular flexibility index (Phi) is 4.71. The Morgan fingerprint density at radius 1 is 1.35 bits per heavy atom.